The normalized spacial score (nSPS) is 23.5. The molecule has 9 heteroatoms. The van der Waals surface area contributed by atoms with E-state index < -0.39 is 53.3 Å². The first kappa shape index (κ1) is 22.8. The Morgan fingerprint density at radius 3 is 2.32 bits per heavy atom. The molecule has 0 N–H and O–H groups in total. The lowest BCUT2D eigenvalue weighted by Gasteiger charge is -2.34. The SMILES string of the molecule is COC(=O)c1ccccc1N1C(=O)[C@@H]2[C@H](C1=O)[C@@H]1c3ccccc3C=NN1[C@H]2C(=O)c1ccc(F)cc1. The fraction of sp³-hybridized carbons (Fsp3) is 0.179. The number of amides is 2. The van der Waals surface area contributed by atoms with Crippen molar-refractivity contribution in [3.63, 3.8) is 0 Å². The molecule has 0 aliphatic carbocycles. The first-order valence-corrected chi connectivity index (χ1v) is 11.7. The lowest BCUT2D eigenvalue weighted by molar-refractivity contribution is -0.124. The van der Waals surface area contributed by atoms with Crippen LogP contribution in [0.2, 0.25) is 0 Å². The summed E-state index contributed by atoms with van der Waals surface area (Å²) in [6.07, 6.45) is 1.61. The number of carbonyl (C=O) groups excluding carboxylic acids is 4. The van der Waals surface area contributed by atoms with Crippen molar-refractivity contribution in [3.05, 3.63) is 101 Å². The van der Waals surface area contributed by atoms with Gasteiger partial charge in [-0.15, -0.1) is 0 Å². The summed E-state index contributed by atoms with van der Waals surface area (Å²) in [4.78, 5) is 55.2. The lowest BCUT2D eigenvalue weighted by atomic mass is 9.83. The molecule has 3 aliphatic heterocycles. The minimum Gasteiger partial charge on any atom is -0.465 e. The van der Waals surface area contributed by atoms with Crippen LogP contribution in [0.1, 0.15) is 37.9 Å². The number of Topliss-reactive ketones (excluding diaryl/α,β-unsaturated/α-hetero) is 1. The van der Waals surface area contributed by atoms with Crippen molar-refractivity contribution in [3.8, 4) is 0 Å². The second-order valence-electron chi connectivity index (χ2n) is 9.09. The average molecular weight is 497 g/mol. The van der Waals surface area contributed by atoms with Gasteiger partial charge in [-0.3, -0.25) is 19.4 Å². The summed E-state index contributed by atoms with van der Waals surface area (Å²) in [5.41, 5.74) is 1.92. The first-order chi connectivity index (χ1) is 17.9. The zero-order valence-electron chi connectivity index (χ0n) is 19.6. The van der Waals surface area contributed by atoms with Crippen LogP contribution >= 0.6 is 0 Å². The van der Waals surface area contributed by atoms with Gasteiger partial charge in [-0.2, -0.15) is 5.10 Å². The van der Waals surface area contributed by atoms with Gasteiger partial charge in [0.1, 0.15) is 11.9 Å². The number of para-hydroxylation sites is 1. The number of imide groups is 1. The van der Waals surface area contributed by atoms with Crippen molar-refractivity contribution < 1.29 is 28.3 Å². The third kappa shape index (κ3) is 3.31. The molecule has 3 aromatic rings. The van der Waals surface area contributed by atoms with Gasteiger partial charge in [0.2, 0.25) is 11.8 Å². The molecule has 0 radical (unpaired) electrons. The summed E-state index contributed by atoms with van der Waals surface area (Å²) in [6, 6.07) is 16.9. The van der Waals surface area contributed by atoms with Crippen LogP contribution in [0.25, 0.3) is 0 Å². The van der Waals surface area contributed by atoms with Crippen molar-refractivity contribution in [1.29, 1.82) is 0 Å². The molecular weight excluding hydrogens is 477 g/mol. The zero-order valence-corrected chi connectivity index (χ0v) is 19.6. The van der Waals surface area contributed by atoms with Gasteiger partial charge < -0.3 is 4.74 Å². The fourth-order valence-corrected chi connectivity index (χ4v) is 5.64. The molecule has 4 atom stereocenters. The van der Waals surface area contributed by atoms with E-state index in [0.717, 1.165) is 16.0 Å². The predicted molar refractivity (Wildman–Crippen MR) is 130 cm³/mol. The third-order valence-corrected chi connectivity index (χ3v) is 7.24. The van der Waals surface area contributed by atoms with Crippen LogP contribution in [-0.4, -0.2) is 47.9 Å². The number of rotatable bonds is 4. The average Bonchev–Trinajstić information content (AvgIpc) is 3.40. The van der Waals surface area contributed by atoms with E-state index in [2.05, 4.69) is 5.10 Å². The minimum absolute atomic E-state index is 0.0620. The molecule has 0 saturated carbocycles. The largest absolute Gasteiger partial charge is 0.465 e. The smallest absolute Gasteiger partial charge is 0.339 e. The predicted octanol–water partition coefficient (Wildman–Crippen LogP) is 3.37. The van der Waals surface area contributed by atoms with Gasteiger partial charge in [0.25, 0.3) is 0 Å². The maximum atomic E-state index is 14.0. The number of esters is 1. The fourth-order valence-electron chi connectivity index (χ4n) is 5.64. The van der Waals surface area contributed by atoms with E-state index in [-0.39, 0.29) is 16.8 Å². The molecule has 6 rings (SSSR count). The van der Waals surface area contributed by atoms with E-state index in [0.29, 0.717) is 0 Å². The number of hydrogen-bond donors (Lipinski definition) is 0. The summed E-state index contributed by atoms with van der Waals surface area (Å²) >= 11 is 0. The number of carbonyl (C=O) groups is 4. The van der Waals surface area contributed by atoms with Crippen LogP contribution in [0.4, 0.5) is 10.1 Å². The summed E-state index contributed by atoms with van der Waals surface area (Å²) in [5, 5.41) is 6.03. The topological polar surface area (TPSA) is 96.3 Å². The second kappa shape index (κ2) is 8.48. The molecule has 3 aromatic carbocycles. The molecule has 0 unspecified atom stereocenters. The van der Waals surface area contributed by atoms with E-state index in [1.165, 1.54) is 48.5 Å². The van der Waals surface area contributed by atoms with Crippen molar-refractivity contribution >= 4 is 35.5 Å². The second-order valence-corrected chi connectivity index (χ2v) is 9.09. The van der Waals surface area contributed by atoms with Crippen LogP contribution in [0.5, 0.6) is 0 Å². The number of nitrogens with zero attached hydrogens (tertiary/aromatic N) is 3. The van der Waals surface area contributed by atoms with Crippen molar-refractivity contribution in [2.24, 2.45) is 16.9 Å². The van der Waals surface area contributed by atoms with Gasteiger partial charge in [0, 0.05) is 5.56 Å². The number of ether oxygens (including phenoxy) is 1. The quantitative estimate of drug-likeness (QED) is 0.312. The summed E-state index contributed by atoms with van der Waals surface area (Å²) in [6.45, 7) is 0. The number of fused-ring (bicyclic) bond motifs is 5. The van der Waals surface area contributed by atoms with Crippen LogP contribution in [-0.2, 0) is 14.3 Å². The summed E-state index contributed by atoms with van der Waals surface area (Å²) < 4.78 is 18.4. The van der Waals surface area contributed by atoms with E-state index in [1.54, 1.807) is 18.3 Å². The number of hydrogen-bond acceptors (Lipinski definition) is 7. The van der Waals surface area contributed by atoms with Crippen LogP contribution < -0.4 is 4.90 Å². The summed E-state index contributed by atoms with van der Waals surface area (Å²) in [5.74, 6) is -4.76. The maximum absolute atomic E-state index is 14.0. The first-order valence-electron chi connectivity index (χ1n) is 11.7. The Labute approximate surface area is 210 Å². The van der Waals surface area contributed by atoms with Crippen LogP contribution in [0, 0.1) is 17.7 Å². The molecule has 37 heavy (non-hydrogen) atoms. The molecule has 2 fully saturated rings. The molecule has 2 amide bonds. The molecule has 0 aromatic heterocycles. The molecule has 3 aliphatic rings. The van der Waals surface area contributed by atoms with E-state index >= 15 is 0 Å². The highest BCUT2D eigenvalue weighted by Crippen LogP contribution is 2.53. The van der Waals surface area contributed by atoms with Gasteiger partial charge in [-0.1, -0.05) is 36.4 Å². The third-order valence-electron chi connectivity index (χ3n) is 7.24. The lowest BCUT2D eigenvalue weighted by Crippen LogP contribution is -2.45. The van der Waals surface area contributed by atoms with E-state index in [1.807, 2.05) is 24.3 Å². The van der Waals surface area contributed by atoms with Gasteiger partial charge in [-0.25, -0.2) is 14.1 Å². The van der Waals surface area contributed by atoms with Crippen LogP contribution in [0.3, 0.4) is 0 Å². The van der Waals surface area contributed by atoms with Gasteiger partial charge in [0.15, 0.2) is 5.78 Å². The molecule has 0 bridgehead atoms. The van der Waals surface area contributed by atoms with Gasteiger partial charge in [0.05, 0.1) is 42.5 Å². The highest BCUT2D eigenvalue weighted by molar-refractivity contribution is 6.26. The van der Waals surface area contributed by atoms with Crippen molar-refractivity contribution in [2.75, 3.05) is 12.0 Å². The van der Waals surface area contributed by atoms with Crippen molar-refractivity contribution in [2.45, 2.75) is 12.1 Å². The molecular formula is C28H20FN3O5. The van der Waals surface area contributed by atoms with Gasteiger partial charge in [-0.05, 0) is 47.5 Å². The Balaban J connectivity index is 1.50. The zero-order chi connectivity index (χ0) is 25.8. The Morgan fingerprint density at radius 2 is 1.57 bits per heavy atom. The monoisotopic (exact) mass is 497 g/mol. The summed E-state index contributed by atoms with van der Waals surface area (Å²) in [7, 11) is 1.22. The van der Waals surface area contributed by atoms with E-state index in [4.69, 9.17) is 4.74 Å². The molecule has 0 spiro atoms. The Hall–Kier alpha value is -4.66. The maximum Gasteiger partial charge on any atom is 0.339 e. The van der Waals surface area contributed by atoms with E-state index in [9.17, 15) is 23.6 Å². The number of benzene rings is 3. The Bertz CT molecular complexity index is 1500. The molecule has 184 valence electrons. The molecule has 2 saturated heterocycles. The number of halogens is 1. The number of ketones is 1. The Kier molecular flexibility index (Phi) is 5.22. The number of hydrazone groups is 1. The van der Waals surface area contributed by atoms with Crippen molar-refractivity contribution in [1.82, 2.24) is 5.01 Å². The Morgan fingerprint density at radius 1 is 0.892 bits per heavy atom. The highest BCUT2D eigenvalue weighted by Gasteiger charge is 2.65. The minimum atomic E-state index is -1.10. The van der Waals surface area contributed by atoms with Crippen LogP contribution in [0.15, 0.2) is 77.9 Å². The van der Waals surface area contributed by atoms with Gasteiger partial charge >= 0.3 is 5.97 Å². The standard InChI is InChI=1S/C28H20FN3O5/c1-37-28(36)19-8-4-5-9-20(19)31-26(34)21-22(27(31)35)24(25(33)15-10-12-17(29)13-11-15)32-23(21)18-7-3-2-6-16(18)14-30-32/h2-14,21-24H,1H3/t21-,22+,23-,24+/m0/s1. The molecule has 3 heterocycles. The number of methoxy groups -OCH3 is 1. The molecule has 8 nitrogen and oxygen atoms in total. The number of anilines is 1. The highest BCUT2D eigenvalue weighted by atomic mass is 19.1.